The van der Waals surface area contributed by atoms with Gasteiger partial charge in [0.2, 0.25) is 5.91 Å². The molecule has 4 rings (SSSR count). The average molecular weight is 437 g/mol. The van der Waals surface area contributed by atoms with Gasteiger partial charge in [0, 0.05) is 45.7 Å². The summed E-state index contributed by atoms with van der Waals surface area (Å²) in [5.74, 6) is 0.503. The monoisotopic (exact) mass is 436 g/mol. The number of fused-ring (bicyclic) bond motifs is 1. The summed E-state index contributed by atoms with van der Waals surface area (Å²) >= 11 is 0. The molecule has 1 saturated heterocycles. The quantitative estimate of drug-likeness (QED) is 0.722. The number of amides is 2. The Labute approximate surface area is 189 Å². The van der Waals surface area contributed by atoms with Crippen LogP contribution in [0.4, 0.5) is 5.69 Å². The number of para-hydroxylation sites is 2. The number of hydrogen-bond donors (Lipinski definition) is 1. The van der Waals surface area contributed by atoms with Crippen molar-refractivity contribution in [1.29, 1.82) is 0 Å². The van der Waals surface area contributed by atoms with Gasteiger partial charge >= 0.3 is 0 Å². The van der Waals surface area contributed by atoms with E-state index >= 15 is 0 Å². The summed E-state index contributed by atoms with van der Waals surface area (Å²) < 4.78 is 5.69. The van der Waals surface area contributed by atoms with Crippen LogP contribution in [0.15, 0.2) is 54.6 Å². The van der Waals surface area contributed by atoms with Crippen molar-refractivity contribution in [3.63, 3.8) is 0 Å². The van der Waals surface area contributed by atoms with Crippen LogP contribution >= 0.6 is 0 Å². The van der Waals surface area contributed by atoms with Crippen molar-refractivity contribution >= 4 is 17.5 Å². The predicted molar refractivity (Wildman–Crippen MR) is 125 cm³/mol. The summed E-state index contributed by atoms with van der Waals surface area (Å²) in [7, 11) is 2.14. The van der Waals surface area contributed by atoms with Crippen molar-refractivity contribution in [3.8, 4) is 5.75 Å². The molecular formula is C25H32N4O3. The third-order valence-corrected chi connectivity index (χ3v) is 6.21. The molecule has 0 saturated carbocycles. The van der Waals surface area contributed by atoms with Crippen LogP contribution in [0.25, 0.3) is 0 Å². The van der Waals surface area contributed by atoms with E-state index in [2.05, 4.69) is 34.3 Å². The third-order valence-electron chi connectivity index (χ3n) is 6.21. The molecule has 170 valence electrons. The second-order valence-electron chi connectivity index (χ2n) is 8.60. The molecule has 2 unspecified atom stereocenters. The summed E-state index contributed by atoms with van der Waals surface area (Å²) in [6.07, 6.45) is -0.318. The van der Waals surface area contributed by atoms with E-state index in [-0.39, 0.29) is 24.3 Å². The molecule has 2 aliphatic rings. The second kappa shape index (κ2) is 10.1. The molecule has 2 amide bonds. The van der Waals surface area contributed by atoms with Gasteiger partial charge in [0.1, 0.15) is 5.75 Å². The fourth-order valence-electron chi connectivity index (χ4n) is 4.28. The van der Waals surface area contributed by atoms with Crippen LogP contribution in [0.3, 0.4) is 0 Å². The highest BCUT2D eigenvalue weighted by atomic mass is 16.5. The highest BCUT2D eigenvalue weighted by Crippen LogP contribution is 2.33. The molecule has 2 aliphatic heterocycles. The number of nitrogens with one attached hydrogen (secondary N) is 1. The summed E-state index contributed by atoms with van der Waals surface area (Å²) in [6.45, 7) is 6.90. The van der Waals surface area contributed by atoms with Gasteiger partial charge in [-0.25, -0.2) is 0 Å². The van der Waals surface area contributed by atoms with Gasteiger partial charge in [-0.2, -0.15) is 0 Å². The lowest BCUT2D eigenvalue weighted by Crippen LogP contribution is -2.48. The first-order chi connectivity index (χ1) is 15.5. The number of nitrogens with zero attached hydrogens (tertiary/aromatic N) is 3. The summed E-state index contributed by atoms with van der Waals surface area (Å²) in [4.78, 5) is 32.0. The molecule has 0 spiro atoms. The van der Waals surface area contributed by atoms with Gasteiger partial charge in [-0.15, -0.1) is 0 Å². The Balaban J connectivity index is 1.41. The Hall–Kier alpha value is -2.90. The van der Waals surface area contributed by atoms with Crippen molar-refractivity contribution in [3.05, 3.63) is 60.2 Å². The summed E-state index contributed by atoms with van der Waals surface area (Å²) in [5, 5.41) is 3.22. The van der Waals surface area contributed by atoms with Crippen LogP contribution < -0.4 is 15.0 Å². The van der Waals surface area contributed by atoms with Gasteiger partial charge in [-0.3, -0.25) is 14.5 Å². The maximum atomic E-state index is 13.0. The van der Waals surface area contributed by atoms with Gasteiger partial charge in [0.25, 0.3) is 5.91 Å². The highest BCUT2D eigenvalue weighted by Gasteiger charge is 2.31. The molecule has 2 heterocycles. The molecule has 1 fully saturated rings. The van der Waals surface area contributed by atoms with E-state index in [9.17, 15) is 9.59 Å². The van der Waals surface area contributed by atoms with E-state index in [1.54, 1.807) is 11.8 Å². The first kappa shape index (κ1) is 22.3. The first-order valence-electron chi connectivity index (χ1n) is 11.3. The number of ether oxygens (including phenoxy) is 1. The van der Waals surface area contributed by atoms with E-state index in [0.29, 0.717) is 12.3 Å². The Morgan fingerprint density at radius 2 is 1.75 bits per heavy atom. The van der Waals surface area contributed by atoms with Gasteiger partial charge in [0.05, 0.1) is 11.7 Å². The molecular weight excluding hydrogens is 404 g/mol. The number of likely N-dealkylation sites (N-methyl/N-ethyl adjacent to an activating group) is 1. The van der Waals surface area contributed by atoms with Gasteiger partial charge in [-0.05, 0) is 31.7 Å². The van der Waals surface area contributed by atoms with Crippen molar-refractivity contribution in [2.24, 2.45) is 0 Å². The van der Waals surface area contributed by atoms with E-state index in [0.717, 1.165) is 44.0 Å². The topological polar surface area (TPSA) is 65.1 Å². The molecule has 0 bridgehead atoms. The number of benzene rings is 2. The molecule has 7 heteroatoms. The Morgan fingerprint density at radius 1 is 1.06 bits per heavy atom. The Kier molecular flexibility index (Phi) is 7.07. The third kappa shape index (κ3) is 5.29. The number of rotatable bonds is 7. The number of carbonyl (C=O) groups excluding carboxylic acids is 2. The minimum Gasteiger partial charge on any atom is -0.479 e. The lowest BCUT2D eigenvalue weighted by Gasteiger charge is -2.35. The van der Waals surface area contributed by atoms with Crippen LogP contribution in [0.1, 0.15) is 24.9 Å². The predicted octanol–water partition coefficient (Wildman–Crippen LogP) is 2.30. The smallest absolute Gasteiger partial charge is 0.267 e. The molecule has 0 aromatic heterocycles. The molecule has 7 nitrogen and oxygen atoms in total. The lowest BCUT2D eigenvalue weighted by molar-refractivity contribution is -0.125. The number of piperazine rings is 1. The fraction of sp³-hybridized carbons (Fsp3) is 0.440. The number of hydrogen-bond acceptors (Lipinski definition) is 5. The SMILES string of the molecule is CC1Oc2ccccc2N(CCC(=O)NC(CN2CCN(C)CC2)c2ccccc2)C1=O. The largest absolute Gasteiger partial charge is 0.479 e. The Morgan fingerprint density at radius 3 is 2.50 bits per heavy atom. The van der Waals surface area contributed by atoms with Gasteiger partial charge < -0.3 is 19.9 Å². The van der Waals surface area contributed by atoms with E-state index < -0.39 is 6.10 Å². The average Bonchev–Trinajstić information content (AvgIpc) is 2.81. The summed E-state index contributed by atoms with van der Waals surface area (Å²) in [5.41, 5.74) is 1.82. The minimum absolute atomic E-state index is 0.0580. The zero-order valence-corrected chi connectivity index (χ0v) is 18.9. The summed E-state index contributed by atoms with van der Waals surface area (Å²) in [6, 6.07) is 17.5. The van der Waals surface area contributed by atoms with Crippen LogP contribution in [-0.2, 0) is 9.59 Å². The minimum atomic E-state index is -0.553. The number of carbonyl (C=O) groups is 2. The van der Waals surface area contributed by atoms with Crippen LogP contribution in [-0.4, -0.2) is 74.0 Å². The zero-order chi connectivity index (χ0) is 22.5. The van der Waals surface area contributed by atoms with Gasteiger partial charge in [0.15, 0.2) is 6.10 Å². The molecule has 2 aromatic rings. The second-order valence-corrected chi connectivity index (χ2v) is 8.60. The molecule has 0 aliphatic carbocycles. The van der Waals surface area contributed by atoms with E-state index in [4.69, 9.17) is 4.74 Å². The maximum absolute atomic E-state index is 13.0. The normalized spacial score (nSPS) is 20.4. The van der Waals surface area contributed by atoms with Crippen molar-refractivity contribution in [1.82, 2.24) is 15.1 Å². The molecule has 0 radical (unpaired) electrons. The van der Waals surface area contributed by atoms with Crippen molar-refractivity contribution in [2.45, 2.75) is 25.5 Å². The highest BCUT2D eigenvalue weighted by molar-refractivity contribution is 6.00. The molecule has 32 heavy (non-hydrogen) atoms. The van der Waals surface area contributed by atoms with Crippen molar-refractivity contribution in [2.75, 3.05) is 51.2 Å². The maximum Gasteiger partial charge on any atom is 0.267 e. The van der Waals surface area contributed by atoms with Crippen LogP contribution in [0.2, 0.25) is 0 Å². The van der Waals surface area contributed by atoms with Crippen molar-refractivity contribution < 1.29 is 14.3 Å². The standard InChI is InChI=1S/C25H32N4O3/c1-19-25(31)29(22-10-6-7-11-23(22)32-19)13-12-24(30)26-21(20-8-4-3-5-9-20)18-28-16-14-27(2)15-17-28/h3-11,19,21H,12-18H2,1-2H3,(H,26,30). The zero-order valence-electron chi connectivity index (χ0n) is 18.9. The number of anilines is 1. The molecule has 2 aromatic carbocycles. The first-order valence-corrected chi connectivity index (χ1v) is 11.3. The van der Waals surface area contributed by atoms with Crippen LogP contribution in [0, 0.1) is 0 Å². The molecule has 1 N–H and O–H groups in total. The lowest BCUT2D eigenvalue weighted by atomic mass is 10.1. The Bertz CT molecular complexity index is 928. The van der Waals surface area contributed by atoms with E-state index in [1.807, 2.05) is 42.5 Å². The van der Waals surface area contributed by atoms with Gasteiger partial charge in [-0.1, -0.05) is 42.5 Å². The fourth-order valence-corrected chi connectivity index (χ4v) is 4.28. The molecule has 2 atom stereocenters. The van der Waals surface area contributed by atoms with Crippen LogP contribution in [0.5, 0.6) is 5.75 Å². The van der Waals surface area contributed by atoms with E-state index in [1.165, 1.54) is 0 Å².